The monoisotopic (exact) mass is 181 g/mol. The minimum atomic E-state index is -0.254. The van der Waals surface area contributed by atoms with Crippen molar-refractivity contribution in [1.82, 2.24) is 4.98 Å². The standard InChI is InChI=1S/C9H15N3O/c1-9(2,10)6-12-7-3-4-8(13)11-5-7/h3-5,12H,6,10H2,1-2H3,(H,11,13). The Morgan fingerprint density at radius 2 is 2.23 bits per heavy atom. The van der Waals surface area contributed by atoms with Crippen LogP contribution >= 0.6 is 0 Å². The van der Waals surface area contributed by atoms with E-state index in [9.17, 15) is 4.79 Å². The first-order valence-electron chi connectivity index (χ1n) is 4.19. The van der Waals surface area contributed by atoms with Gasteiger partial charge in [-0.05, 0) is 19.9 Å². The molecule has 72 valence electrons. The molecule has 0 fully saturated rings. The summed E-state index contributed by atoms with van der Waals surface area (Å²) in [6.45, 7) is 4.54. The Morgan fingerprint density at radius 3 is 2.69 bits per heavy atom. The van der Waals surface area contributed by atoms with Gasteiger partial charge < -0.3 is 16.0 Å². The van der Waals surface area contributed by atoms with Crippen LogP contribution in [0.3, 0.4) is 0 Å². The zero-order valence-corrected chi connectivity index (χ0v) is 7.92. The molecule has 0 radical (unpaired) electrons. The highest BCUT2D eigenvalue weighted by atomic mass is 16.1. The van der Waals surface area contributed by atoms with E-state index >= 15 is 0 Å². The van der Waals surface area contributed by atoms with Crippen LogP contribution in [0.25, 0.3) is 0 Å². The number of pyridine rings is 1. The Balaban J connectivity index is 2.56. The van der Waals surface area contributed by atoms with Crippen LogP contribution in [0.1, 0.15) is 13.8 Å². The Labute approximate surface area is 77.2 Å². The lowest BCUT2D eigenvalue weighted by atomic mass is 10.1. The van der Waals surface area contributed by atoms with Gasteiger partial charge >= 0.3 is 0 Å². The predicted molar refractivity (Wildman–Crippen MR) is 53.8 cm³/mol. The highest BCUT2D eigenvalue weighted by Gasteiger charge is 2.09. The fourth-order valence-corrected chi connectivity index (χ4v) is 0.850. The average Bonchev–Trinajstić information content (AvgIpc) is 2.02. The average molecular weight is 181 g/mol. The molecule has 0 saturated heterocycles. The van der Waals surface area contributed by atoms with Crippen molar-refractivity contribution < 1.29 is 0 Å². The molecule has 13 heavy (non-hydrogen) atoms. The molecule has 0 spiro atoms. The highest BCUT2D eigenvalue weighted by molar-refractivity contribution is 5.39. The van der Waals surface area contributed by atoms with Crippen molar-refractivity contribution in [3.05, 3.63) is 28.7 Å². The van der Waals surface area contributed by atoms with E-state index in [-0.39, 0.29) is 11.1 Å². The number of rotatable bonds is 3. The van der Waals surface area contributed by atoms with Crippen molar-refractivity contribution in [2.24, 2.45) is 5.73 Å². The number of H-pyrrole nitrogens is 1. The molecular formula is C9H15N3O. The second-order valence-electron chi connectivity index (χ2n) is 3.78. The molecule has 0 aliphatic carbocycles. The SMILES string of the molecule is CC(C)(N)CNc1ccc(=O)[nH]c1. The fourth-order valence-electron chi connectivity index (χ4n) is 0.850. The topological polar surface area (TPSA) is 70.9 Å². The summed E-state index contributed by atoms with van der Waals surface area (Å²) >= 11 is 0. The summed E-state index contributed by atoms with van der Waals surface area (Å²) in [6, 6.07) is 3.20. The number of aromatic amines is 1. The summed E-state index contributed by atoms with van der Waals surface area (Å²) < 4.78 is 0. The van der Waals surface area contributed by atoms with Crippen LogP contribution in [-0.4, -0.2) is 17.1 Å². The lowest BCUT2D eigenvalue weighted by Gasteiger charge is -2.19. The molecule has 0 unspecified atom stereocenters. The molecule has 4 heteroatoms. The number of hydrogen-bond acceptors (Lipinski definition) is 3. The minimum Gasteiger partial charge on any atom is -0.382 e. The van der Waals surface area contributed by atoms with Gasteiger partial charge in [-0.1, -0.05) is 0 Å². The maximum atomic E-state index is 10.7. The molecule has 0 aliphatic rings. The summed E-state index contributed by atoms with van der Waals surface area (Å²) in [4.78, 5) is 13.3. The van der Waals surface area contributed by atoms with Gasteiger partial charge in [-0.15, -0.1) is 0 Å². The van der Waals surface area contributed by atoms with Gasteiger partial charge in [0.2, 0.25) is 5.56 Å². The van der Waals surface area contributed by atoms with Gasteiger partial charge in [-0.2, -0.15) is 0 Å². The van der Waals surface area contributed by atoms with Crippen LogP contribution in [0.5, 0.6) is 0 Å². The third-order valence-electron chi connectivity index (χ3n) is 1.53. The van der Waals surface area contributed by atoms with Crippen LogP contribution < -0.4 is 16.6 Å². The Hall–Kier alpha value is -1.29. The molecule has 0 amide bonds. The summed E-state index contributed by atoms with van der Waals surface area (Å²) in [7, 11) is 0. The third kappa shape index (κ3) is 3.75. The molecular weight excluding hydrogens is 166 g/mol. The molecule has 1 aromatic rings. The van der Waals surface area contributed by atoms with E-state index in [1.54, 1.807) is 12.3 Å². The Morgan fingerprint density at radius 1 is 1.54 bits per heavy atom. The zero-order chi connectivity index (χ0) is 9.90. The Bertz CT molecular complexity index is 304. The lowest BCUT2D eigenvalue weighted by molar-refractivity contribution is 0.549. The normalized spacial score (nSPS) is 11.3. The van der Waals surface area contributed by atoms with Gasteiger partial charge in [0, 0.05) is 24.3 Å². The molecule has 0 saturated carbocycles. The smallest absolute Gasteiger partial charge is 0.248 e. The first-order valence-corrected chi connectivity index (χ1v) is 4.19. The molecule has 0 aliphatic heterocycles. The van der Waals surface area contributed by atoms with Gasteiger partial charge in [0.05, 0.1) is 5.69 Å². The first-order chi connectivity index (χ1) is 5.97. The van der Waals surface area contributed by atoms with Gasteiger partial charge in [0.15, 0.2) is 0 Å². The Kier molecular flexibility index (Phi) is 2.72. The molecule has 1 rings (SSSR count). The quantitative estimate of drug-likeness (QED) is 0.636. The number of anilines is 1. The summed E-state index contributed by atoms with van der Waals surface area (Å²) in [5.74, 6) is 0. The maximum absolute atomic E-state index is 10.7. The highest BCUT2D eigenvalue weighted by Crippen LogP contribution is 2.03. The number of hydrogen-bond donors (Lipinski definition) is 3. The maximum Gasteiger partial charge on any atom is 0.248 e. The summed E-state index contributed by atoms with van der Waals surface area (Å²) in [5.41, 5.74) is 6.30. The van der Waals surface area contributed by atoms with Crippen LogP contribution in [-0.2, 0) is 0 Å². The number of nitrogens with two attached hydrogens (primary N) is 1. The van der Waals surface area contributed by atoms with Crippen LogP contribution in [0.15, 0.2) is 23.1 Å². The zero-order valence-electron chi connectivity index (χ0n) is 7.92. The van der Waals surface area contributed by atoms with E-state index in [4.69, 9.17) is 5.73 Å². The van der Waals surface area contributed by atoms with Gasteiger partial charge in [-0.3, -0.25) is 4.79 Å². The van der Waals surface area contributed by atoms with Crippen molar-refractivity contribution in [3.63, 3.8) is 0 Å². The molecule has 4 N–H and O–H groups in total. The number of nitrogens with one attached hydrogen (secondary N) is 2. The van der Waals surface area contributed by atoms with E-state index in [1.807, 2.05) is 13.8 Å². The second kappa shape index (κ2) is 3.62. The minimum absolute atomic E-state index is 0.0995. The van der Waals surface area contributed by atoms with E-state index in [1.165, 1.54) is 6.07 Å². The predicted octanol–water partition coefficient (Wildman–Crippen LogP) is 0.524. The third-order valence-corrected chi connectivity index (χ3v) is 1.53. The van der Waals surface area contributed by atoms with E-state index in [0.29, 0.717) is 6.54 Å². The van der Waals surface area contributed by atoms with Crippen molar-refractivity contribution >= 4 is 5.69 Å². The van der Waals surface area contributed by atoms with E-state index < -0.39 is 0 Å². The fraction of sp³-hybridized carbons (Fsp3) is 0.444. The largest absolute Gasteiger partial charge is 0.382 e. The van der Waals surface area contributed by atoms with Gasteiger partial charge in [-0.25, -0.2) is 0 Å². The number of aromatic nitrogens is 1. The summed E-state index contributed by atoms with van der Waals surface area (Å²) in [5, 5.41) is 3.12. The van der Waals surface area contributed by atoms with Crippen molar-refractivity contribution in [1.29, 1.82) is 0 Å². The van der Waals surface area contributed by atoms with Crippen molar-refractivity contribution in [2.45, 2.75) is 19.4 Å². The molecule has 0 bridgehead atoms. The van der Waals surface area contributed by atoms with Crippen molar-refractivity contribution in [2.75, 3.05) is 11.9 Å². The van der Waals surface area contributed by atoms with E-state index in [2.05, 4.69) is 10.3 Å². The van der Waals surface area contributed by atoms with Gasteiger partial charge in [0.1, 0.15) is 0 Å². The molecule has 1 aromatic heterocycles. The van der Waals surface area contributed by atoms with Crippen molar-refractivity contribution in [3.8, 4) is 0 Å². The van der Waals surface area contributed by atoms with Gasteiger partial charge in [0.25, 0.3) is 0 Å². The van der Waals surface area contributed by atoms with Crippen LogP contribution in [0, 0.1) is 0 Å². The molecule has 4 nitrogen and oxygen atoms in total. The molecule has 0 atom stereocenters. The van der Waals surface area contributed by atoms with E-state index in [0.717, 1.165) is 5.69 Å². The van der Waals surface area contributed by atoms with Crippen LogP contribution in [0.4, 0.5) is 5.69 Å². The second-order valence-corrected chi connectivity index (χ2v) is 3.78. The van der Waals surface area contributed by atoms with Crippen LogP contribution in [0.2, 0.25) is 0 Å². The summed E-state index contributed by atoms with van der Waals surface area (Å²) in [6.07, 6.45) is 1.63. The lowest BCUT2D eigenvalue weighted by Crippen LogP contribution is -2.39. The first kappa shape index (κ1) is 9.80. The molecule has 1 heterocycles. The molecule has 0 aromatic carbocycles.